The molecule has 1 atom stereocenters. The Balaban J connectivity index is 1.80. The highest BCUT2D eigenvalue weighted by atomic mass is 15.2. The van der Waals surface area contributed by atoms with Crippen molar-refractivity contribution in [2.45, 2.75) is 25.8 Å². The van der Waals surface area contributed by atoms with Crippen molar-refractivity contribution in [3.8, 4) is 12.1 Å². The van der Waals surface area contributed by atoms with Crippen molar-refractivity contribution < 1.29 is 0 Å². The first-order valence-corrected chi connectivity index (χ1v) is 8.07. The summed E-state index contributed by atoms with van der Waals surface area (Å²) in [5.41, 5.74) is 1.36. The third-order valence-electron chi connectivity index (χ3n) is 4.20. The van der Waals surface area contributed by atoms with Crippen LogP contribution in [0.25, 0.3) is 0 Å². The lowest BCUT2D eigenvalue weighted by atomic mass is 10.0. The Morgan fingerprint density at radius 1 is 1.00 bits per heavy atom. The van der Waals surface area contributed by atoms with Gasteiger partial charge in [-0.1, -0.05) is 30.3 Å². The van der Waals surface area contributed by atoms with E-state index in [4.69, 9.17) is 5.26 Å². The van der Waals surface area contributed by atoms with Gasteiger partial charge in [0.05, 0.1) is 18.1 Å². The molecule has 2 rings (SSSR count). The minimum absolute atomic E-state index is 0.0136. The summed E-state index contributed by atoms with van der Waals surface area (Å²) in [7, 11) is 0. The molecule has 0 amide bonds. The third-order valence-corrected chi connectivity index (χ3v) is 4.20. The maximum absolute atomic E-state index is 9.20. The third kappa shape index (κ3) is 5.48. The van der Waals surface area contributed by atoms with Gasteiger partial charge < -0.3 is 4.90 Å². The summed E-state index contributed by atoms with van der Waals surface area (Å²) in [5.74, 6) is -0.0136. The predicted molar refractivity (Wildman–Crippen MR) is 86.7 cm³/mol. The Kier molecular flexibility index (Phi) is 6.90. The molecule has 1 aliphatic rings. The minimum Gasteiger partial charge on any atom is -0.301 e. The summed E-state index contributed by atoms with van der Waals surface area (Å²) in [6.45, 7) is 6.03. The summed E-state index contributed by atoms with van der Waals surface area (Å²) in [5, 5.41) is 17.9. The molecule has 0 unspecified atom stereocenters. The maximum Gasteiger partial charge on any atom is 0.0669 e. The van der Waals surface area contributed by atoms with Crippen LogP contribution < -0.4 is 0 Å². The second-order valence-corrected chi connectivity index (χ2v) is 5.94. The molecule has 4 heteroatoms. The lowest BCUT2D eigenvalue weighted by molar-refractivity contribution is 0.236. The SMILES string of the molecule is N#CCC[C@@H](C#N)CN1CCCN(Cc2ccccc2)CC1. The Labute approximate surface area is 133 Å². The molecular formula is C18H24N4. The average Bonchev–Trinajstić information content (AvgIpc) is 2.77. The standard InChI is InChI=1S/C18H24N4/c19-9-4-8-18(14-20)16-22-11-5-10-21(12-13-22)15-17-6-2-1-3-7-17/h1-3,6-7,18H,4-5,8,10-13,15-16H2/t18-/m0/s1. The highest BCUT2D eigenvalue weighted by molar-refractivity contribution is 5.14. The normalized spacial score (nSPS) is 18.1. The van der Waals surface area contributed by atoms with Crippen molar-refractivity contribution in [2.75, 3.05) is 32.7 Å². The Morgan fingerprint density at radius 2 is 1.73 bits per heavy atom. The molecular weight excluding hydrogens is 272 g/mol. The van der Waals surface area contributed by atoms with Gasteiger partial charge in [0.15, 0.2) is 0 Å². The molecule has 0 spiro atoms. The average molecular weight is 296 g/mol. The van der Waals surface area contributed by atoms with Crippen LogP contribution in [-0.4, -0.2) is 42.5 Å². The summed E-state index contributed by atoms with van der Waals surface area (Å²) in [6.07, 6.45) is 2.31. The topological polar surface area (TPSA) is 54.1 Å². The zero-order valence-electron chi connectivity index (χ0n) is 13.1. The van der Waals surface area contributed by atoms with E-state index in [-0.39, 0.29) is 5.92 Å². The fourth-order valence-electron chi connectivity index (χ4n) is 2.95. The summed E-state index contributed by atoms with van der Waals surface area (Å²) in [6, 6.07) is 15.1. The van der Waals surface area contributed by atoms with Crippen molar-refractivity contribution in [3.05, 3.63) is 35.9 Å². The molecule has 0 radical (unpaired) electrons. The minimum atomic E-state index is -0.0136. The van der Waals surface area contributed by atoms with Gasteiger partial charge in [0.2, 0.25) is 0 Å². The van der Waals surface area contributed by atoms with E-state index in [0.29, 0.717) is 12.8 Å². The largest absolute Gasteiger partial charge is 0.301 e. The Morgan fingerprint density at radius 3 is 2.45 bits per heavy atom. The monoisotopic (exact) mass is 296 g/mol. The fourth-order valence-corrected chi connectivity index (χ4v) is 2.95. The number of nitrogens with zero attached hydrogens (tertiary/aromatic N) is 4. The van der Waals surface area contributed by atoms with Crippen LogP contribution in [0.15, 0.2) is 30.3 Å². The van der Waals surface area contributed by atoms with Crippen molar-refractivity contribution >= 4 is 0 Å². The van der Waals surface area contributed by atoms with Gasteiger partial charge in [0.1, 0.15) is 0 Å². The zero-order chi connectivity index (χ0) is 15.6. The van der Waals surface area contributed by atoms with Crippen LogP contribution in [0.5, 0.6) is 0 Å². The highest BCUT2D eigenvalue weighted by Crippen LogP contribution is 2.12. The van der Waals surface area contributed by atoms with Gasteiger partial charge in [-0.2, -0.15) is 10.5 Å². The Bertz CT molecular complexity index is 514. The molecule has 0 saturated carbocycles. The van der Waals surface area contributed by atoms with E-state index in [1.165, 1.54) is 5.56 Å². The number of rotatable bonds is 6. The van der Waals surface area contributed by atoms with Crippen molar-refractivity contribution in [2.24, 2.45) is 5.92 Å². The number of benzene rings is 1. The molecule has 116 valence electrons. The van der Waals surface area contributed by atoms with E-state index in [2.05, 4.69) is 52.3 Å². The predicted octanol–water partition coefficient (Wildman–Crippen LogP) is 2.64. The van der Waals surface area contributed by atoms with E-state index in [9.17, 15) is 5.26 Å². The number of hydrogen-bond acceptors (Lipinski definition) is 4. The number of hydrogen-bond donors (Lipinski definition) is 0. The first kappa shape index (κ1) is 16.5. The van der Waals surface area contributed by atoms with Gasteiger partial charge in [-0.3, -0.25) is 4.90 Å². The van der Waals surface area contributed by atoms with Crippen LogP contribution in [-0.2, 0) is 6.54 Å². The van der Waals surface area contributed by atoms with E-state index < -0.39 is 0 Å². The van der Waals surface area contributed by atoms with Crippen LogP contribution in [0.4, 0.5) is 0 Å². The smallest absolute Gasteiger partial charge is 0.0669 e. The molecule has 1 heterocycles. The summed E-state index contributed by atoms with van der Waals surface area (Å²) < 4.78 is 0. The molecule has 22 heavy (non-hydrogen) atoms. The lowest BCUT2D eigenvalue weighted by Gasteiger charge is -2.23. The molecule has 0 N–H and O–H groups in total. The molecule has 0 aromatic heterocycles. The fraction of sp³-hybridized carbons (Fsp3) is 0.556. The molecule has 1 aliphatic heterocycles. The summed E-state index contributed by atoms with van der Waals surface area (Å²) in [4.78, 5) is 4.88. The van der Waals surface area contributed by atoms with Crippen LogP contribution in [0, 0.1) is 28.6 Å². The van der Waals surface area contributed by atoms with E-state index in [0.717, 1.165) is 45.7 Å². The lowest BCUT2D eigenvalue weighted by Crippen LogP contribution is -2.33. The van der Waals surface area contributed by atoms with Crippen LogP contribution >= 0.6 is 0 Å². The molecule has 1 aromatic rings. The van der Waals surface area contributed by atoms with Gasteiger partial charge in [0.25, 0.3) is 0 Å². The summed E-state index contributed by atoms with van der Waals surface area (Å²) >= 11 is 0. The molecule has 1 aromatic carbocycles. The Hall–Kier alpha value is -1.88. The molecule has 4 nitrogen and oxygen atoms in total. The van der Waals surface area contributed by atoms with E-state index >= 15 is 0 Å². The zero-order valence-corrected chi connectivity index (χ0v) is 13.1. The van der Waals surface area contributed by atoms with Crippen molar-refractivity contribution in [1.29, 1.82) is 10.5 Å². The molecule has 1 saturated heterocycles. The quantitative estimate of drug-likeness (QED) is 0.810. The molecule has 0 bridgehead atoms. The van der Waals surface area contributed by atoms with Gasteiger partial charge in [-0.15, -0.1) is 0 Å². The van der Waals surface area contributed by atoms with E-state index in [1.54, 1.807) is 0 Å². The second kappa shape index (κ2) is 9.20. The van der Waals surface area contributed by atoms with Crippen LogP contribution in [0.3, 0.4) is 0 Å². The number of nitriles is 2. The van der Waals surface area contributed by atoms with Crippen molar-refractivity contribution in [3.63, 3.8) is 0 Å². The van der Waals surface area contributed by atoms with Gasteiger partial charge in [-0.25, -0.2) is 0 Å². The van der Waals surface area contributed by atoms with Crippen molar-refractivity contribution in [1.82, 2.24) is 9.80 Å². The molecule has 1 fully saturated rings. The highest BCUT2D eigenvalue weighted by Gasteiger charge is 2.18. The first-order valence-electron chi connectivity index (χ1n) is 8.07. The first-order chi connectivity index (χ1) is 10.8. The van der Waals surface area contributed by atoms with Gasteiger partial charge in [0, 0.05) is 32.6 Å². The molecule has 0 aliphatic carbocycles. The van der Waals surface area contributed by atoms with Gasteiger partial charge >= 0.3 is 0 Å². The van der Waals surface area contributed by atoms with Crippen LogP contribution in [0.1, 0.15) is 24.8 Å². The van der Waals surface area contributed by atoms with Gasteiger partial charge in [-0.05, 0) is 31.5 Å². The van der Waals surface area contributed by atoms with Crippen LogP contribution in [0.2, 0.25) is 0 Å². The van der Waals surface area contributed by atoms with E-state index in [1.807, 2.05) is 0 Å². The maximum atomic E-state index is 9.20. The second-order valence-electron chi connectivity index (χ2n) is 5.94.